The number of ketones is 1. The zero-order chi connectivity index (χ0) is 29.0. The summed E-state index contributed by atoms with van der Waals surface area (Å²) in [4.78, 5) is 17.3. The topological polar surface area (TPSA) is 97.8 Å². The van der Waals surface area contributed by atoms with Gasteiger partial charge in [-0.15, -0.1) is 0 Å². The molecule has 0 aliphatic rings. The van der Waals surface area contributed by atoms with E-state index in [4.69, 9.17) is 0 Å². The molecule has 1 atom stereocenters. The summed E-state index contributed by atoms with van der Waals surface area (Å²) in [6.07, 6.45) is 0. The zero-order valence-electron chi connectivity index (χ0n) is 21.8. The Kier molecular flexibility index (Phi) is 8.65. The minimum Gasteiger partial charge on any atom is -0.294 e. The molecule has 0 aromatic heterocycles. The van der Waals surface area contributed by atoms with E-state index in [1.54, 1.807) is 24.3 Å². The lowest BCUT2D eigenvalue weighted by atomic mass is 9.84. The van der Waals surface area contributed by atoms with Crippen molar-refractivity contribution in [2.24, 2.45) is 5.92 Å². The quantitative estimate of drug-likeness (QED) is 0.204. The second-order valence-corrected chi connectivity index (χ2v) is 13.6. The molecule has 0 saturated carbocycles. The average Bonchev–Trinajstić information content (AvgIpc) is 2.98. The van der Waals surface area contributed by atoms with Crippen molar-refractivity contribution in [3.05, 3.63) is 121 Å². The van der Waals surface area contributed by atoms with Gasteiger partial charge in [0.05, 0.1) is 15.7 Å². The third-order valence-corrected chi connectivity index (χ3v) is 10.9. The lowest BCUT2D eigenvalue weighted by Crippen LogP contribution is -2.49. The van der Waals surface area contributed by atoms with Crippen LogP contribution in [-0.4, -0.2) is 38.5 Å². The molecule has 7 nitrogen and oxygen atoms in total. The summed E-state index contributed by atoms with van der Waals surface area (Å²) >= 11 is 0. The smallest absolute Gasteiger partial charge is 0.256 e. The van der Waals surface area contributed by atoms with Gasteiger partial charge in [-0.1, -0.05) is 94.7 Å². The minimum atomic E-state index is -4.71. The Balaban J connectivity index is 1.80. The van der Waals surface area contributed by atoms with Gasteiger partial charge in [0, 0.05) is 12.1 Å². The van der Waals surface area contributed by atoms with Crippen molar-refractivity contribution in [1.29, 1.82) is 0 Å². The lowest BCUT2D eigenvalue weighted by molar-refractivity contribution is -0.235. The van der Waals surface area contributed by atoms with Gasteiger partial charge in [-0.05, 0) is 53.8 Å². The van der Waals surface area contributed by atoms with Crippen molar-refractivity contribution >= 4 is 25.8 Å². The van der Waals surface area contributed by atoms with Crippen molar-refractivity contribution in [3.8, 4) is 11.1 Å². The highest BCUT2D eigenvalue weighted by atomic mass is 32.3. The summed E-state index contributed by atoms with van der Waals surface area (Å²) < 4.78 is 69.2. The fourth-order valence-corrected chi connectivity index (χ4v) is 7.94. The van der Waals surface area contributed by atoms with Crippen molar-refractivity contribution < 1.29 is 31.1 Å². The highest BCUT2D eigenvalue weighted by molar-refractivity contribution is 8.04. The van der Waals surface area contributed by atoms with Gasteiger partial charge in [0.2, 0.25) is 0 Å². The van der Waals surface area contributed by atoms with Gasteiger partial charge in [0.1, 0.15) is 5.60 Å². The summed E-state index contributed by atoms with van der Waals surface area (Å²) in [6.45, 7) is 1.62. The van der Waals surface area contributed by atoms with Gasteiger partial charge in [0.25, 0.3) is 20.0 Å². The second kappa shape index (κ2) is 11.8. The summed E-state index contributed by atoms with van der Waals surface area (Å²) in [5.74, 6) is -2.23. The first-order chi connectivity index (χ1) is 19.0. The summed E-state index contributed by atoms with van der Waals surface area (Å²) in [7, 11) is -9.43. The van der Waals surface area contributed by atoms with Crippen LogP contribution in [0.25, 0.3) is 11.1 Å². The van der Waals surface area contributed by atoms with E-state index in [0.717, 1.165) is 11.1 Å². The largest absolute Gasteiger partial charge is 0.294 e. The number of rotatable bonds is 11. The van der Waals surface area contributed by atoms with E-state index in [0.29, 0.717) is 0 Å². The number of nitrogens with zero attached hydrogens (tertiary/aromatic N) is 1. The van der Waals surface area contributed by atoms with Gasteiger partial charge >= 0.3 is 0 Å². The molecule has 1 unspecified atom stereocenters. The molecule has 4 rings (SSSR count). The van der Waals surface area contributed by atoms with Crippen LogP contribution in [0.5, 0.6) is 0 Å². The first-order valence-corrected chi connectivity index (χ1v) is 15.2. The molecular weight excluding hydrogens is 553 g/mol. The number of hydrogen-bond donors (Lipinski definition) is 0. The van der Waals surface area contributed by atoms with E-state index in [9.17, 15) is 26.2 Å². The van der Waals surface area contributed by atoms with Crippen LogP contribution in [0.2, 0.25) is 0 Å². The minimum absolute atomic E-state index is 0.143. The van der Waals surface area contributed by atoms with Crippen LogP contribution in [-0.2, 0) is 25.0 Å². The Morgan fingerprint density at radius 2 is 1.10 bits per heavy atom. The van der Waals surface area contributed by atoms with Gasteiger partial charge in [-0.3, -0.25) is 4.79 Å². The molecule has 4 aromatic carbocycles. The molecule has 0 spiro atoms. The predicted octanol–water partition coefficient (Wildman–Crippen LogP) is 5.91. The molecule has 0 N–H and O–H groups in total. The standard InChI is InChI=1S/C30H28FNO6S2/c1-30(2,38-31)28(29(33)25-20-18-24(19-21-25)23-12-6-3-7-13-23)22-32(39(34,35)26-14-8-4-9-15-26)40(36,37)27-16-10-5-11-17-27/h3-21,28H,22H2,1-2H3. The zero-order valence-corrected chi connectivity index (χ0v) is 23.5. The predicted molar refractivity (Wildman–Crippen MR) is 150 cm³/mol. The van der Waals surface area contributed by atoms with E-state index >= 15 is 0 Å². The maximum atomic E-state index is 13.9. The maximum Gasteiger partial charge on any atom is 0.256 e. The van der Waals surface area contributed by atoms with Crippen LogP contribution in [0.4, 0.5) is 4.53 Å². The molecule has 0 fully saturated rings. The van der Waals surface area contributed by atoms with E-state index < -0.39 is 43.9 Å². The Bertz CT molecular complexity index is 1590. The van der Waals surface area contributed by atoms with E-state index in [1.807, 2.05) is 30.3 Å². The van der Waals surface area contributed by atoms with Crippen LogP contribution < -0.4 is 0 Å². The fraction of sp³-hybridized carbons (Fsp3) is 0.167. The van der Waals surface area contributed by atoms with Crippen LogP contribution in [0.15, 0.2) is 125 Å². The number of benzene rings is 4. The molecule has 208 valence electrons. The maximum absolute atomic E-state index is 13.9. The lowest BCUT2D eigenvalue weighted by Gasteiger charge is -2.33. The second-order valence-electron chi connectivity index (χ2n) is 9.63. The average molecular weight is 582 g/mol. The molecule has 0 saturated heterocycles. The molecule has 0 amide bonds. The Morgan fingerprint density at radius 1 is 0.700 bits per heavy atom. The monoisotopic (exact) mass is 581 g/mol. The number of carbonyl (C=O) groups is 1. The number of carbonyl (C=O) groups excluding carboxylic acids is 1. The van der Waals surface area contributed by atoms with Gasteiger partial charge < -0.3 is 0 Å². The summed E-state index contributed by atoms with van der Waals surface area (Å²) in [5.41, 5.74) is 0.00411. The van der Waals surface area contributed by atoms with E-state index in [-0.39, 0.29) is 19.1 Å². The van der Waals surface area contributed by atoms with Gasteiger partial charge in [-0.25, -0.2) is 16.8 Å². The molecular formula is C30H28FNO6S2. The Labute approximate surface area is 233 Å². The Morgan fingerprint density at radius 3 is 1.52 bits per heavy atom. The summed E-state index contributed by atoms with van der Waals surface area (Å²) in [6, 6.07) is 29.9. The third kappa shape index (κ3) is 6.05. The van der Waals surface area contributed by atoms with Crippen LogP contribution >= 0.6 is 0 Å². The molecule has 0 aliphatic heterocycles. The SMILES string of the molecule is CC(C)(OF)C(CN(S(=O)(=O)c1ccccc1)S(=O)(=O)c1ccccc1)C(=O)c1ccc(-c2ccccc2)cc1. The number of sulfonamides is 2. The van der Waals surface area contributed by atoms with Gasteiger partial charge in [-0.2, -0.15) is 4.94 Å². The molecule has 4 aromatic rings. The number of Topliss-reactive ketones (excluding diaryl/α,β-unsaturated/α-hetero) is 1. The number of halogens is 1. The van der Waals surface area contributed by atoms with Crippen molar-refractivity contribution in [2.75, 3.05) is 6.54 Å². The molecule has 0 radical (unpaired) electrons. The first kappa shape index (κ1) is 29.3. The molecule has 10 heteroatoms. The first-order valence-electron chi connectivity index (χ1n) is 12.4. The summed E-state index contributed by atoms with van der Waals surface area (Å²) in [5, 5.41) is 0. The van der Waals surface area contributed by atoms with Crippen LogP contribution in [0.3, 0.4) is 0 Å². The molecule has 40 heavy (non-hydrogen) atoms. The third-order valence-electron chi connectivity index (χ3n) is 6.58. The normalized spacial score (nSPS) is 13.2. The van der Waals surface area contributed by atoms with Crippen molar-refractivity contribution in [1.82, 2.24) is 3.71 Å². The van der Waals surface area contributed by atoms with Crippen molar-refractivity contribution in [3.63, 3.8) is 0 Å². The highest BCUT2D eigenvalue weighted by Crippen LogP contribution is 2.33. The molecule has 0 bridgehead atoms. The Hall–Kier alpha value is -3.70. The molecule has 0 heterocycles. The van der Waals surface area contributed by atoms with Crippen LogP contribution in [0.1, 0.15) is 24.2 Å². The number of hydrogen-bond acceptors (Lipinski definition) is 6. The van der Waals surface area contributed by atoms with E-state index in [1.165, 1.54) is 74.5 Å². The molecule has 0 aliphatic carbocycles. The van der Waals surface area contributed by atoms with E-state index in [2.05, 4.69) is 4.94 Å². The fourth-order valence-electron chi connectivity index (χ4n) is 4.23. The highest BCUT2D eigenvalue weighted by Gasteiger charge is 2.46. The van der Waals surface area contributed by atoms with Gasteiger partial charge in [0.15, 0.2) is 5.78 Å². The van der Waals surface area contributed by atoms with Crippen LogP contribution in [0, 0.1) is 5.92 Å². The van der Waals surface area contributed by atoms with Crippen molar-refractivity contribution in [2.45, 2.75) is 29.2 Å².